The zero-order valence-corrected chi connectivity index (χ0v) is 12.4. The summed E-state index contributed by atoms with van der Waals surface area (Å²) in [4.78, 5) is 16.7. The second kappa shape index (κ2) is 5.32. The van der Waals surface area contributed by atoms with E-state index >= 15 is 0 Å². The van der Waals surface area contributed by atoms with Gasteiger partial charge < -0.3 is 9.88 Å². The van der Waals surface area contributed by atoms with Gasteiger partial charge in [-0.05, 0) is 19.8 Å². The summed E-state index contributed by atoms with van der Waals surface area (Å²) in [5.74, 6) is 1.86. The van der Waals surface area contributed by atoms with Crippen molar-refractivity contribution in [3.63, 3.8) is 0 Å². The first-order valence-corrected chi connectivity index (χ1v) is 7.69. The third-order valence-corrected chi connectivity index (χ3v) is 4.45. The van der Waals surface area contributed by atoms with Gasteiger partial charge in [0.25, 0.3) is 0 Å². The summed E-state index contributed by atoms with van der Waals surface area (Å²) in [6, 6.07) is 0. The van der Waals surface area contributed by atoms with Crippen molar-refractivity contribution in [1.29, 1.82) is 0 Å². The monoisotopic (exact) mass is 291 g/mol. The highest BCUT2D eigenvalue weighted by Gasteiger charge is 2.27. The Hall–Kier alpha value is -1.76. The molecule has 106 valence electrons. The largest absolute Gasteiger partial charge is 0.314 e. The number of amides is 1. The van der Waals surface area contributed by atoms with E-state index in [0.717, 1.165) is 36.6 Å². The Morgan fingerprint density at radius 2 is 2.40 bits per heavy atom. The van der Waals surface area contributed by atoms with E-state index in [1.54, 1.807) is 0 Å². The fourth-order valence-corrected chi connectivity index (χ4v) is 3.21. The lowest BCUT2D eigenvalue weighted by Gasteiger charge is -2.22. The van der Waals surface area contributed by atoms with E-state index in [1.807, 2.05) is 16.9 Å². The minimum absolute atomic E-state index is 0.0359. The zero-order chi connectivity index (χ0) is 14.1. The van der Waals surface area contributed by atoms with E-state index in [0.29, 0.717) is 11.7 Å². The Balaban J connectivity index is 1.68. The lowest BCUT2D eigenvalue weighted by atomic mass is 9.98. The number of carbonyl (C=O) groups is 1. The van der Waals surface area contributed by atoms with Crippen LogP contribution in [0, 0.1) is 12.8 Å². The van der Waals surface area contributed by atoms with Gasteiger partial charge in [0.15, 0.2) is 5.13 Å². The molecule has 6 nitrogen and oxygen atoms in total. The van der Waals surface area contributed by atoms with E-state index in [2.05, 4.69) is 27.4 Å². The molecule has 7 heteroatoms. The molecule has 0 bridgehead atoms. The van der Waals surface area contributed by atoms with Crippen LogP contribution in [0.2, 0.25) is 0 Å². The maximum atomic E-state index is 12.3. The molecule has 1 atom stereocenters. The van der Waals surface area contributed by atoms with Gasteiger partial charge in [0, 0.05) is 18.3 Å². The van der Waals surface area contributed by atoms with Crippen molar-refractivity contribution in [3.8, 4) is 0 Å². The van der Waals surface area contributed by atoms with Crippen LogP contribution in [0.3, 0.4) is 0 Å². The van der Waals surface area contributed by atoms with Crippen LogP contribution in [-0.4, -0.2) is 25.7 Å². The molecular formula is C13H17N5OS. The first kappa shape index (κ1) is 13.2. The number of hydrogen-bond acceptors (Lipinski definition) is 5. The van der Waals surface area contributed by atoms with Crippen LogP contribution >= 0.6 is 11.3 Å². The van der Waals surface area contributed by atoms with Gasteiger partial charge >= 0.3 is 0 Å². The number of aryl methyl sites for hydroxylation is 3. The average molecular weight is 291 g/mol. The van der Waals surface area contributed by atoms with Gasteiger partial charge in [0.2, 0.25) is 5.91 Å². The number of rotatable bonds is 3. The second-order valence-corrected chi connectivity index (χ2v) is 5.85. The van der Waals surface area contributed by atoms with Crippen LogP contribution in [0.4, 0.5) is 5.13 Å². The molecule has 1 N–H and O–H groups in total. The molecule has 1 aliphatic rings. The van der Waals surface area contributed by atoms with E-state index in [9.17, 15) is 4.79 Å². The minimum atomic E-state index is -0.0359. The lowest BCUT2D eigenvalue weighted by Crippen LogP contribution is -2.31. The first-order valence-electron chi connectivity index (χ1n) is 6.81. The highest BCUT2D eigenvalue weighted by atomic mass is 32.1. The van der Waals surface area contributed by atoms with Gasteiger partial charge in [-0.3, -0.25) is 4.79 Å². The SMILES string of the molecule is CCc1csc(NC(=O)C2CCc3nnc(C)n3C2)n1. The predicted octanol–water partition coefficient (Wildman–Crippen LogP) is 1.81. The molecule has 20 heavy (non-hydrogen) atoms. The highest BCUT2D eigenvalue weighted by molar-refractivity contribution is 7.13. The highest BCUT2D eigenvalue weighted by Crippen LogP contribution is 2.22. The van der Waals surface area contributed by atoms with Gasteiger partial charge in [0.1, 0.15) is 11.6 Å². The summed E-state index contributed by atoms with van der Waals surface area (Å²) in [5, 5.41) is 13.8. The zero-order valence-electron chi connectivity index (χ0n) is 11.6. The lowest BCUT2D eigenvalue weighted by molar-refractivity contribution is -0.120. The number of fused-ring (bicyclic) bond motifs is 1. The number of hydrogen-bond donors (Lipinski definition) is 1. The van der Waals surface area contributed by atoms with Gasteiger partial charge in [-0.1, -0.05) is 6.92 Å². The molecule has 3 rings (SSSR count). The van der Waals surface area contributed by atoms with Crippen molar-refractivity contribution >= 4 is 22.4 Å². The summed E-state index contributed by atoms with van der Waals surface area (Å²) in [5.41, 5.74) is 1.02. The van der Waals surface area contributed by atoms with Crippen molar-refractivity contribution < 1.29 is 4.79 Å². The van der Waals surface area contributed by atoms with Crippen molar-refractivity contribution in [1.82, 2.24) is 19.7 Å². The van der Waals surface area contributed by atoms with E-state index in [-0.39, 0.29) is 11.8 Å². The minimum Gasteiger partial charge on any atom is -0.314 e. The molecule has 0 radical (unpaired) electrons. The standard InChI is InChI=1S/C13H17N5OS/c1-3-10-7-20-13(14-10)15-12(19)9-4-5-11-17-16-8(2)18(11)6-9/h7,9H,3-6H2,1-2H3,(H,14,15,19). The molecule has 0 fully saturated rings. The third-order valence-electron chi connectivity index (χ3n) is 3.65. The fraction of sp³-hybridized carbons (Fsp3) is 0.538. The number of nitrogens with zero attached hydrogens (tertiary/aromatic N) is 4. The number of carbonyl (C=O) groups excluding carboxylic acids is 1. The Kier molecular flexibility index (Phi) is 3.52. The summed E-state index contributed by atoms with van der Waals surface area (Å²) in [7, 11) is 0. The van der Waals surface area contributed by atoms with Gasteiger partial charge in [-0.25, -0.2) is 4.98 Å². The molecule has 1 amide bonds. The van der Waals surface area contributed by atoms with Crippen LogP contribution < -0.4 is 5.32 Å². The van der Waals surface area contributed by atoms with E-state index in [4.69, 9.17) is 0 Å². The second-order valence-electron chi connectivity index (χ2n) is 5.00. The Bertz CT molecular complexity index is 632. The number of nitrogens with one attached hydrogen (secondary N) is 1. The first-order chi connectivity index (χ1) is 9.67. The molecule has 0 saturated heterocycles. The summed E-state index contributed by atoms with van der Waals surface area (Å²) >= 11 is 1.48. The normalized spacial score (nSPS) is 17.8. The van der Waals surface area contributed by atoms with Crippen LogP contribution in [0.15, 0.2) is 5.38 Å². The van der Waals surface area contributed by atoms with Crippen LogP contribution in [0.5, 0.6) is 0 Å². The average Bonchev–Trinajstić information content (AvgIpc) is 3.06. The maximum absolute atomic E-state index is 12.3. The molecule has 0 aliphatic carbocycles. The maximum Gasteiger partial charge on any atom is 0.231 e. The van der Waals surface area contributed by atoms with Gasteiger partial charge in [-0.2, -0.15) is 0 Å². The van der Waals surface area contributed by atoms with E-state index in [1.165, 1.54) is 11.3 Å². The topological polar surface area (TPSA) is 72.7 Å². The third kappa shape index (κ3) is 2.45. The fourth-order valence-electron chi connectivity index (χ4n) is 2.41. The van der Waals surface area contributed by atoms with Crippen molar-refractivity contribution in [3.05, 3.63) is 22.7 Å². The van der Waals surface area contributed by atoms with Crippen molar-refractivity contribution in [2.24, 2.45) is 5.92 Å². The Labute approximate surface area is 121 Å². The molecular weight excluding hydrogens is 274 g/mol. The molecule has 3 heterocycles. The number of anilines is 1. The molecule has 1 unspecified atom stereocenters. The Morgan fingerprint density at radius 3 is 3.15 bits per heavy atom. The van der Waals surface area contributed by atoms with Crippen molar-refractivity contribution in [2.45, 2.75) is 39.7 Å². The van der Waals surface area contributed by atoms with Crippen LogP contribution in [0.25, 0.3) is 0 Å². The van der Waals surface area contributed by atoms with Gasteiger partial charge in [0.05, 0.1) is 11.6 Å². The molecule has 0 aromatic carbocycles. The van der Waals surface area contributed by atoms with Crippen LogP contribution in [-0.2, 0) is 24.2 Å². The molecule has 0 spiro atoms. The van der Waals surface area contributed by atoms with Crippen LogP contribution in [0.1, 0.15) is 30.7 Å². The number of aromatic nitrogens is 4. The predicted molar refractivity (Wildman–Crippen MR) is 76.7 cm³/mol. The summed E-state index contributed by atoms with van der Waals surface area (Å²) < 4.78 is 2.03. The van der Waals surface area contributed by atoms with Gasteiger partial charge in [-0.15, -0.1) is 21.5 Å². The molecule has 1 aliphatic heterocycles. The molecule has 2 aromatic heterocycles. The van der Waals surface area contributed by atoms with Crippen molar-refractivity contribution in [2.75, 3.05) is 5.32 Å². The number of thiazole rings is 1. The quantitative estimate of drug-likeness (QED) is 0.936. The molecule has 0 saturated carbocycles. The summed E-state index contributed by atoms with van der Waals surface area (Å²) in [6.45, 7) is 4.63. The smallest absolute Gasteiger partial charge is 0.231 e. The van der Waals surface area contributed by atoms with E-state index < -0.39 is 0 Å². The molecule has 2 aromatic rings. The summed E-state index contributed by atoms with van der Waals surface area (Å²) in [6.07, 6.45) is 2.51. The Morgan fingerprint density at radius 1 is 1.55 bits per heavy atom.